The van der Waals surface area contributed by atoms with Gasteiger partial charge in [0.1, 0.15) is 0 Å². The lowest BCUT2D eigenvalue weighted by Gasteiger charge is -2.33. The molecule has 0 spiro atoms. The van der Waals surface area contributed by atoms with Crippen LogP contribution in [-0.4, -0.2) is 0 Å². The van der Waals surface area contributed by atoms with E-state index in [-0.39, 0.29) is 0 Å². The third kappa shape index (κ3) is 2.48. The molecule has 0 fully saturated rings. The highest BCUT2D eigenvalue weighted by molar-refractivity contribution is 5.96. The monoisotopic (exact) mass is 310 g/mol. The number of nitrogens with one attached hydrogen (secondary N) is 1. The van der Waals surface area contributed by atoms with Crippen LogP contribution in [0.4, 0.5) is 17.1 Å². The molecule has 0 unspecified atom stereocenters. The highest BCUT2D eigenvalue weighted by atomic mass is 15.2. The molecule has 2 nitrogen and oxygen atoms in total. The Bertz CT molecular complexity index is 896. The maximum Gasteiger partial charge on any atom is 0.0697 e. The van der Waals surface area contributed by atoms with Crippen molar-refractivity contribution in [1.82, 2.24) is 0 Å². The van der Waals surface area contributed by atoms with Crippen LogP contribution in [0.25, 0.3) is 11.8 Å². The SMILES string of the molecule is C=Cc1ccc2c(c1)NC=C(c1ccccc1)N2c1ccccc1. The van der Waals surface area contributed by atoms with Gasteiger partial charge in [0, 0.05) is 11.9 Å². The van der Waals surface area contributed by atoms with Crippen LogP contribution in [0.15, 0.2) is 91.6 Å². The third-order valence-electron chi connectivity index (χ3n) is 4.19. The van der Waals surface area contributed by atoms with Gasteiger partial charge in [0.25, 0.3) is 0 Å². The van der Waals surface area contributed by atoms with Gasteiger partial charge in [-0.25, -0.2) is 0 Å². The highest BCUT2D eigenvalue weighted by Crippen LogP contribution is 2.42. The first kappa shape index (κ1) is 14.3. The molecule has 2 heteroatoms. The van der Waals surface area contributed by atoms with E-state index in [0.717, 1.165) is 28.3 Å². The van der Waals surface area contributed by atoms with E-state index in [0.29, 0.717) is 0 Å². The Labute approximate surface area is 142 Å². The van der Waals surface area contributed by atoms with Crippen molar-refractivity contribution in [2.75, 3.05) is 10.2 Å². The van der Waals surface area contributed by atoms with Crippen molar-refractivity contribution in [2.45, 2.75) is 0 Å². The lowest BCUT2D eigenvalue weighted by Crippen LogP contribution is -2.21. The van der Waals surface area contributed by atoms with Gasteiger partial charge in [-0.15, -0.1) is 0 Å². The predicted molar refractivity (Wildman–Crippen MR) is 103 cm³/mol. The molecule has 0 aliphatic carbocycles. The van der Waals surface area contributed by atoms with E-state index in [1.165, 1.54) is 5.56 Å². The largest absolute Gasteiger partial charge is 0.358 e. The second kappa shape index (κ2) is 6.09. The summed E-state index contributed by atoms with van der Waals surface area (Å²) in [6, 6.07) is 27.2. The minimum atomic E-state index is 1.08. The molecule has 0 amide bonds. The van der Waals surface area contributed by atoms with Crippen molar-refractivity contribution >= 4 is 28.8 Å². The van der Waals surface area contributed by atoms with Crippen LogP contribution in [0, 0.1) is 0 Å². The van der Waals surface area contributed by atoms with Gasteiger partial charge in [-0.1, -0.05) is 67.3 Å². The van der Waals surface area contributed by atoms with E-state index < -0.39 is 0 Å². The van der Waals surface area contributed by atoms with Crippen LogP contribution in [0.5, 0.6) is 0 Å². The van der Waals surface area contributed by atoms with Crippen molar-refractivity contribution in [3.05, 3.63) is 103 Å². The summed E-state index contributed by atoms with van der Waals surface area (Å²) < 4.78 is 0. The molecule has 1 aliphatic heterocycles. The average molecular weight is 310 g/mol. The van der Waals surface area contributed by atoms with Gasteiger partial charge in [0.2, 0.25) is 0 Å². The summed E-state index contributed by atoms with van der Waals surface area (Å²) in [4.78, 5) is 2.29. The number of nitrogens with zero attached hydrogens (tertiary/aromatic N) is 1. The Morgan fingerprint density at radius 3 is 2.25 bits per heavy atom. The molecule has 0 radical (unpaired) electrons. The molecule has 1 N–H and O–H groups in total. The molecule has 0 saturated heterocycles. The molecule has 3 aromatic carbocycles. The number of rotatable bonds is 3. The summed E-state index contributed by atoms with van der Waals surface area (Å²) in [5, 5.41) is 3.43. The van der Waals surface area contributed by atoms with Gasteiger partial charge in [-0.2, -0.15) is 0 Å². The van der Waals surface area contributed by atoms with Crippen LogP contribution >= 0.6 is 0 Å². The molecule has 4 rings (SSSR count). The normalized spacial score (nSPS) is 12.8. The molecular formula is C22H18N2. The van der Waals surface area contributed by atoms with E-state index in [1.807, 2.05) is 18.2 Å². The summed E-state index contributed by atoms with van der Waals surface area (Å²) in [5.74, 6) is 0. The average Bonchev–Trinajstić information content (AvgIpc) is 2.68. The molecule has 0 aromatic heterocycles. The summed E-state index contributed by atoms with van der Waals surface area (Å²) >= 11 is 0. The van der Waals surface area contributed by atoms with Crippen LogP contribution < -0.4 is 10.2 Å². The third-order valence-corrected chi connectivity index (χ3v) is 4.19. The highest BCUT2D eigenvalue weighted by Gasteiger charge is 2.22. The first-order chi connectivity index (χ1) is 11.9. The Balaban J connectivity index is 1.89. The lowest BCUT2D eigenvalue weighted by molar-refractivity contribution is 1.25. The minimum Gasteiger partial charge on any atom is -0.358 e. The number of anilines is 3. The van der Waals surface area contributed by atoms with Crippen molar-refractivity contribution in [2.24, 2.45) is 0 Å². The molecular weight excluding hydrogens is 292 g/mol. The van der Waals surface area contributed by atoms with E-state index in [1.54, 1.807) is 0 Å². The number of para-hydroxylation sites is 1. The van der Waals surface area contributed by atoms with Crippen molar-refractivity contribution in [1.29, 1.82) is 0 Å². The quantitative estimate of drug-likeness (QED) is 0.648. The van der Waals surface area contributed by atoms with Gasteiger partial charge >= 0.3 is 0 Å². The number of fused-ring (bicyclic) bond motifs is 1. The molecule has 24 heavy (non-hydrogen) atoms. The van der Waals surface area contributed by atoms with Crippen LogP contribution in [0.2, 0.25) is 0 Å². The van der Waals surface area contributed by atoms with Gasteiger partial charge < -0.3 is 10.2 Å². The molecule has 0 bridgehead atoms. The standard InChI is InChI=1S/C22H18N2/c1-2-17-13-14-21-20(15-17)23-16-22(18-9-5-3-6-10-18)24(21)19-11-7-4-8-12-19/h2-16,23H,1H2. The zero-order valence-electron chi connectivity index (χ0n) is 13.3. The van der Waals surface area contributed by atoms with E-state index in [9.17, 15) is 0 Å². The van der Waals surface area contributed by atoms with Crippen LogP contribution in [0.1, 0.15) is 11.1 Å². The first-order valence-electron chi connectivity index (χ1n) is 8.00. The molecule has 116 valence electrons. The number of hydrogen-bond acceptors (Lipinski definition) is 2. The smallest absolute Gasteiger partial charge is 0.0697 e. The predicted octanol–water partition coefficient (Wildman–Crippen LogP) is 5.89. The second-order valence-electron chi connectivity index (χ2n) is 5.69. The van der Waals surface area contributed by atoms with Crippen LogP contribution in [0.3, 0.4) is 0 Å². The van der Waals surface area contributed by atoms with Crippen molar-refractivity contribution < 1.29 is 0 Å². The van der Waals surface area contributed by atoms with E-state index >= 15 is 0 Å². The second-order valence-corrected chi connectivity index (χ2v) is 5.69. The molecule has 3 aromatic rings. The fourth-order valence-corrected chi connectivity index (χ4v) is 3.01. The first-order valence-corrected chi connectivity index (χ1v) is 8.00. The fourth-order valence-electron chi connectivity index (χ4n) is 3.01. The molecule has 0 atom stereocenters. The van der Waals surface area contributed by atoms with Gasteiger partial charge in [-0.3, -0.25) is 0 Å². The van der Waals surface area contributed by atoms with E-state index in [2.05, 4.69) is 89.7 Å². The van der Waals surface area contributed by atoms with Crippen LogP contribution in [-0.2, 0) is 0 Å². The van der Waals surface area contributed by atoms with Crippen molar-refractivity contribution in [3.63, 3.8) is 0 Å². The fraction of sp³-hybridized carbons (Fsp3) is 0. The summed E-state index contributed by atoms with van der Waals surface area (Å²) in [6.45, 7) is 3.86. The maximum absolute atomic E-state index is 3.86. The zero-order chi connectivity index (χ0) is 16.4. The summed E-state index contributed by atoms with van der Waals surface area (Å²) in [6.07, 6.45) is 3.93. The van der Waals surface area contributed by atoms with Crippen molar-refractivity contribution in [3.8, 4) is 0 Å². The lowest BCUT2D eigenvalue weighted by atomic mass is 10.0. The Morgan fingerprint density at radius 2 is 1.54 bits per heavy atom. The van der Waals surface area contributed by atoms with Gasteiger partial charge in [-0.05, 0) is 35.4 Å². The zero-order valence-corrected chi connectivity index (χ0v) is 13.3. The molecule has 1 heterocycles. The van der Waals surface area contributed by atoms with E-state index in [4.69, 9.17) is 0 Å². The Morgan fingerprint density at radius 1 is 0.833 bits per heavy atom. The van der Waals surface area contributed by atoms with Gasteiger partial charge in [0.15, 0.2) is 0 Å². The number of benzene rings is 3. The number of hydrogen-bond donors (Lipinski definition) is 1. The minimum absolute atomic E-state index is 1.08. The topological polar surface area (TPSA) is 15.3 Å². The molecule has 0 saturated carbocycles. The van der Waals surface area contributed by atoms with Gasteiger partial charge in [0.05, 0.1) is 17.1 Å². The Kier molecular flexibility index (Phi) is 3.64. The summed E-state index contributed by atoms with van der Waals surface area (Å²) in [5.41, 5.74) is 6.75. The maximum atomic E-state index is 3.86. The molecule has 1 aliphatic rings. The summed E-state index contributed by atoms with van der Waals surface area (Å²) in [7, 11) is 0. The Hall–Kier alpha value is -3.26.